The second-order valence-corrected chi connectivity index (χ2v) is 8.26. The second-order valence-electron chi connectivity index (χ2n) is 8.26. The van der Waals surface area contributed by atoms with E-state index in [1.54, 1.807) is 18.3 Å². The quantitative estimate of drug-likeness (QED) is 0.475. The van der Waals surface area contributed by atoms with Crippen molar-refractivity contribution in [1.29, 1.82) is 0 Å². The highest BCUT2D eigenvalue weighted by Gasteiger charge is 2.27. The van der Waals surface area contributed by atoms with Crippen LogP contribution in [-0.4, -0.2) is 27.6 Å². The number of nitrogens with zero attached hydrogens (tertiary/aromatic N) is 3. The number of hydrogen-bond donors (Lipinski definition) is 1. The number of carbonyl (C=O) groups is 1. The van der Waals surface area contributed by atoms with Crippen LogP contribution in [-0.2, 0) is 0 Å². The molecule has 1 amide bonds. The van der Waals surface area contributed by atoms with Crippen LogP contribution in [0.2, 0.25) is 0 Å². The Hall–Kier alpha value is -3.61. The molecule has 6 nitrogen and oxygen atoms in total. The molecule has 32 heavy (non-hydrogen) atoms. The van der Waals surface area contributed by atoms with E-state index in [2.05, 4.69) is 20.5 Å². The second kappa shape index (κ2) is 8.86. The Morgan fingerprint density at radius 1 is 1.03 bits per heavy atom. The van der Waals surface area contributed by atoms with Gasteiger partial charge in [-0.25, -0.2) is 4.39 Å². The first-order chi connectivity index (χ1) is 15.7. The monoisotopic (exact) mass is 430 g/mol. The number of halogens is 1. The van der Waals surface area contributed by atoms with Gasteiger partial charge in [0.15, 0.2) is 0 Å². The molecule has 0 atom stereocenters. The molecule has 0 bridgehead atoms. The van der Waals surface area contributed by atoms with Gasteiger partial charge in [0.25, 0.3) is 11.8 Å². The van der Waals surface area contributed by atoms with E-state index in [1.165, 1.54) is 12.1 Å². The number of benzene rings is 2. The average Bonchev–Trinajstić information content (AvgIpc) is 3.32. The Morgan fingerprint density at radius 3 is 2.72 bits per heavy atom. The fraction of sp³-hybridized carbons (Fsp3) is 0.280. The van der Waals surface area contributed by atoms with Gasteiger partial charge in [-0.1, -0.05) is 30.3 Å². The maximum absolute atomic E-state index is 13.3. The number of amides is 1. The highest BCUT2D eigenvalue weighted by molar-refractivity contribution is 5.94. The summed E-state index contributed by atoms with van der Waals surface area (Å²) in [6.07, 6.45) is 5.51. The molecule has 0 unspecified atom stereocenters. The standard InChI is InChI=1S/C25H23FN4O2/c26-20-6-3-5-19(14-20)23(31)28-15-16-8-10-18(11-9-16)24-29-30-25(32-24)22-21-7-2-1-4-17(21)12-13-27-22/h1-7,12-14,16,18H,8-11,15H2,(H,28,31). The van der Waals surface area contributed by atoms with Crippen LogP contribution in [0.25, 0.3) is 22.4 Å². The summed E-state index contributed by atoms with van der Waals surface area (Å²) in [6.45, 7) is 0.580. The number of hydrogen-bond acceptors (Lipinski definition) is 5. The number of fused-ring (bicyclic) bond motifs is 1. The van der Waals surface area contributed by atoms with Gasteiger partial charge in [0.05, 0.1) is 0 Å². The molecule has 0 radical (unpaired) electrons. The zero-order valence-electron chi connectivity index (χ0n) is 17.5. The van der Waals surface area contributed by atoms with Crippen molar-refractivity contribution in [3.05, 3.63) is 78.1 Å². The normalized spacial score (nSPS) is 18.5. The number of nitrogens with one attached hydrogen (secondary N) is 1. The van der Waals surface area contributed by atoms with Crippen molar-refractivity contribution >= 4 is 16.7 Å². The lowest BCUT2D eigenvalue weighted by Gasteiger charge is -2.26. The third-order valence-electron chi connectivity index (χ3n) is 6.15. The summed E-state index contributed by atoms with van der Waals surface area (Å²) in [4.78, 5) is 16.7. The largest absolute Gasteiger partial charge is 0.419 e. The van der Waals surface area contributed by atoms with E-state index < -0.39 is 5.82 Å². The third kappa shape index (κ3) is 4.23. The molecule has 2 aromatic heterocycles. The van der Waals surface area contributed by atoms with Crippen LogP contribution in [0.15, 0.2) is 65.2 Å². The molecule has 1 N–H and O–H groups in total. The number of aromatic nitrogens is 3. The lowest BCUT2D eigenvalue weighted by Crippen LogP contribution is -2.31. The molecule has 7 heteroatoms. The molecule has 0 spiro atoms. The van der Waals surface area contributed by atoms with Crippen LogP contribution in [0.1, 0.15) is 47.8 Å². The molecule has 1 aliphatic rings. The SMILES string of the molecule is O=C(NCC1CCC(c2nnc(-c3nccc4ccccc34)o2)CC1)c1cccc(F)c1. The number of pyridine rings is 1. The lowest BCUT2D eigenvalue weighted by molar-refractivity contribution is 0.0942. The summed E-state index contributed by atoms with van der Waals surface area (Å²) < 4.78 is 19.3. The predicted molar refractivity (Wildman–Crippen MR) is 118 cm³/mol. The zero-order chi connectivity index (χ0) is 21.9. The Balaban J connectivity index is 1.19. The molecule has 1 aliphatic carbocycles. The first-order valence-corrected chi connectivity index (χ1v) is 10.9. The molecule has 1 saturated carbocycles. The zero-order valence-corrected chi connectivity index (χ0v) is 17.5. The van der Waals surface area contributed by atoms with Crippen LogP contribution >= 0.6 is 0 Å². The van der Waals surface area contributed by atoms with Gasteiger partial charge >= 0.3 is 0 Å². The van der Waals surface area contributed by atoms with Gasteiger partial charge in [0.1, 0.15) is 11.5 Å². The van der Waals surface area contributed by atoms with E-state index in [-0.39, 0.29) is 11.8 Å². The molecule has 2 aromatic carbocycles. The van der Waals surface area contributed by atoms with E-state index in [0.29, 0.717) is 35.5 Å². The Bertz CT molecular complexity index is 1240. The van der Waals surface area contributed by atoms with Crippen molar-refractivity contribution in [3.8, 4) is 11.6 Å². The van der Waals surface area contributed by atoms with Gasteiger partial charge in [-0.2, -0.15) is 0 Å². The van der Waals surface area contributed by atoms with E-state index in [4.69, 9.17) is 4.42 Å². The Kier molecular flexibility index (Phi) is 5.62. The summed E-state index contributed by atoms with van der Waals surface area (Å²) in [7, 11) is 0. The molecule has 2 heterocycles. The van der Waals surface area contributed by atoms with Gasteiger partial charge in [-0.05, 0) is 61.3 Å². The lowest BCUT2D eigenvalue weighted by atomic mass is 9.82. The molecule has 0 aliphatic heterocycles. The molecule has 5 rings (SSSR count). The summed E-state index contributed by atoms with van der Waals surface area (Å²) >= 11 is 0. The Morgan fingerprint density at radius 2 is 1.88 bits per heavy atom. The van der Waals surface area contributed by atoms with Crippen molar-refractivity contribution < 1.29 is 13.6 Å². The molecule has 1 fully saturated rings. The molecular formula is C25H23FN4O2. The first-order valence-electron chi connectivity index (χ1n) is 10.9. The summed E-state index contributed by atoms with van der Waals surface area (Å²) in [5, 5.41) is 13.6. The molecule has 162 valence electrons. The smallest absolute Gasteiger partial charge is 0.266 e. The molecule has 4 aromatic rings. The molecular weight excluding hydrogens is 407 g/mol. The summed E-state index contributed by atoms with van der Waals surface area (Å²) in [6, 6.07) is 15.7. The fourth-order valence-electron chi connectivity index (χ4n) is 4.37. The number of rotatable bonds is 5. The maximum Gasteiger partial charge on any atom is 0.266 e. The minimum Gasteiger partial charge on any atom is -0.419 e. The third-order valence-corrected chi connectivity index (χ3v) is 6.15. The predicted octanol–water partition coefficient (Wildman–Crippen LogP) is 5.13. The number of carbonyl (C=O) groups excluding carboxylic acids is 1. The molecule has 0 saturated heterocycles. The first kappa shape index (κ1) is 20.3. The Labute approximate surface area is 184 Å². The van der Waals surface area contributed by atoms with Gasteiger partial charge in [-0.3, -0.25) is 9.78 Å². The van der Waals surface area contributed by atoms with E-state index >= 15 is 0 Å². The highest BCUT2D eigenvalue weighted by atomic mass is 19.1. The van der Waals surface area contributed by atoms with Crippen molar-refractivity contribution in [2.24, 2.45) is 5.92 Å². The fourth-order valence-corrected chi connectivity index (χ4v) is 4.37. The van der Waals surface area contributed by atoms with Crippen LogP contribution in [0.3, 0.4) is 0 Å². The van der Waals surface area contributed by atoms with Gasteiger partial charge in [0.2, 0.25) is 5.89 Å². The highest BCUT2D eigenvalue weighted by Crippen LogP contribution is 2.36. The van der Waals surface area contributed by atoms with Gasteiger partial charge in [-0.15, -0.1) is 10.2 Å². The minimum atomic E-state index is -0.407. The van der Waals surface area contributed by atoms with Crippen molar-refractivity contribution in [2.75, 3.05) is 6.54 Å². The van der Waals surface area contributed by atoms with E-state index in [0.717, 1.165) is 36.5 Å². The van der Waals surface area contributed by atoms with Crippen molar-refractivity contribution in [1.82, 2.24) is 20.5 Å². The summed E-state index contributed by atoms with van der Waals surface area (Å²) in [5.41, 5.74) is 1.05. The topological polar surface area (TPSA) is 80.9 Å². The van der Waals surface area contributed by atoms with Crippen LogP contribution in [0.5, 0.6) is 0 Å². The van der Waals surface area contributed by atoms with Crippen LogP contribution < -0.4 is 5.32 Å². The van der Waals surface area contributed by atoms with E-state index in [9.17, 15) is 9.18 Å². The van der Waals surface area contributed by atoms with Crippen LogP contribution in [0.4, 0.5) is 4.39 Å². The van der Waals surface area contributed by atoms with Crippen LogP contribution in [0, 0.1) is 11.7 Å². The minimum absolute atomic E-state index is 0.210. The van der Waals surface area contributed by atoms with E-state index in [1.807, 2.05) is 30.3 Å². The maximum atomic E-state index is 13.3. The van der Waals surface area contributed by atoms with Crippen molar-refractivity contribution in [3.63, 3.8) is 0 Å². The van der Waals surface area contributed by atoms with Gasteiger partial charge in [0, 0.05) is 29.6 Å². The average molecular weight is 430 g/mol. The van der Waals surface area contributed by atoms with Gasteiger partial charge < -0.3 is 9.73 Å². The van der Waals surface area contributed by atoms with Crippen molar-refractivity contribution in [2.45, 2.75) is 31.6 Å². The summed E-state index contributed by atoms with van der Waals surface area (Å²) in [5.74, 6) is 1.04.